The van der Waals surface area contributed by atoms with E-state index in [4.69, 9.17) is 0 Å². The molecule has 0 bridgehead atoms. The summed E-state index contributed by atoms with van der Waals surface area (Å²) >= 11 is 0. The van der Waals surface area contributed by atoms with Gasteiger partial charge in [0.2, 0.25) is 0 Å². The molecule has 0 aliphatic heterocycles. The van der Waals surface area contributed by atoms with Gasteiger partial charge in [0.05, 0.1) is 0 Å². The molecule has 0 amide bonds. The lowest BCUT2D eigenvalue weighted by Gasteiger charge is -2.04. The van der Waals surface area contributed by atoms with Crippen molar-refractivity contribution in [2.24, 2.45) is 0 Å². The van der Waals surface area contributed by atoms with Crippen LogP contribution in [0.4, 0.5) is 0 Å². The van der Waals surface area contributed by atoms with Crippen LogP contribution in [-0.4, -0.2) is 0 Å². The molecule has 0 radical (unpaired) electrons. The molecular weight excluding hydrogens is 156 g/mol. The molecule has 0 fully saturated rings. The molecule has 0 N–H and O–H groups in total. The van der Waals surface area contributed by atoms with Crippen LogP contribution >= 0.6 is 0 Å². The van der Waals surface area contributed by atoms with E-state index in [0.29, 0.717) is 0 Å². The molecule has 0 saturated heterocycles. The Labute approximate surface area is 78.2 Å². The summed E-state index contributed by atoms with van der Waals surface area (Å²) in [7, 11) is 0. The molecule has 1 aliphatic rings. The highest BCUT2D eigenvalue weighted by atomic mass is 14.2. The summed E-state index contributed by atoms with van der Waals surface area (Å²) < 4.78 is 0. The third-order valence-electron chi connectivity index (χ3n) is 3.09. The van der Waals surface area contributed by atoms with E-state index in [1.54, 1.807) is 0 Å². The third kappa shape index (κ3) is 0.859. The molecule has 0 nitrogen and oxygen atoms in total. The van der Waals surface area contributed by atoms with Gasteiger partial charge in [-0.05, 0) is 47.2 Å². The zero-order valence-corrected chi connectivity index (χ0v) is 7.80. The van der Waals surface area contributed by atoms with Crippen molar-refractivity contribution in [1.82, 2.24) is 0 Å². The van der Waals surface area contributed by atoms with Crippen molar-refractivity contribution < 1.29 is 0 Å². The largest absolute Gasteiger partial charge is 0.0613 e. The topological polar surface area (TPSA) is 0 Å². The van der Waals surface area contributed by atoms with Crippen molar-refractivity contribution in [3.8, 4) is 0 Å². The van der Waals surface area contributed by atoms with E-state index < -0.39 is 0 Å². The maximum atomic E-state index is 2.29. The number of hydrogen-bond acceptors (Lipinski definition) is 0. The van der Waals surface area contributed by atoms with Crippen LogP contribution in [-0.2, 0) is 12.8 Å². The molecule has 13 heavy (non-hydrogen) atoms. The van der Waals surface area contributed by atoms with Crippen molar-refractivity contribution in [1.29, 1.82) is 0 Å². The Morgan fingerprint density at radius 2 is 1.69 bits per heavy atom. The average molecular weight is 168 g/mol. The van der Waals surface area contributed by atoms with E-state index in [1.807, 2.05) is 0 Å². The molecule has 0 saturated carbocycles. The monoisotopic (exact) mass is 168 g/mol. The average Bonchev–Trinajstić information content (AvgIpc) is 2.57. The van der Waals surface area contributed by atoms with Crippen molar-refractivity contribution in [3.05, 3.63) is 47.0 Å². The van der Waals surface area contributed by atoms with Crippen molar-refractivity contribution in [2.45, 2.75) is 19.8 Å². The van der Waals surface area contributed by atoms with Crippen LogP contribution in [0.3, 0.4) is 0 Å². The molecule has 0 heterocycles. The van der Waals surface area contributed by atoms with E-state index in [1.165, 1.54) is 40.3 Å². The van der Waals surface area contributed by atoms with Crippen LogP contribution in [0.15, 0.2) is 30.3 Å². The number of hydrogen-bond donors (Lipinski definition) is 0. The summed E-state index contributed by atoms with van der Waals surface area (Å²) in [4.78, 5) is 0. The predicted octanol–water partition coefficient (Wildman–Crippen LogP) is 3.25. The van der Waals surface area contributed by atoms with Gasteiger partial charge in [0.15, 0.2) is 0 Å². The van der Waals surface area contributed by atoms with E-state index in [2.05, 4.69) is 37.3 Å². The predicted molar refractivity (Wildman–Crippen MR) is 56.1 cm³/mol. The fourth-order valence-corrected chi connectivity index (χ4v) is 2.39. The van der Waals surface area contributed by atoms with Crippen molar-refractivity contribution in [2.75, 3.05) is 0 Å². The highest BCUT2D eigenvalue weighted by molar-refractivity contribution is 5.92. The van der Waals surface area contributed by atoms with Gasteiger partial charge in [-0.15, -0.1) is 0 Å². The molecule has 0 atom stereocenters. The van der Waals surface area contributed by atoms with E-state index >= 15 is 0 Å². The molecule has 64 valence electrons. The molecule has 1 aliphatic carbocycles. The summed E-state index contributed by atoms with van der Waals surface area (Å²) in [5, 5.41) is 2.98. The highest BCUT2D eigenvalue weighted by Crippen LogP contribution is 2.32. The standard InChI is InChI=1S/C13H12/c1-9-5-6-11-8-7-10-3-2-4-12(9)13(10)11/h2-6H,7-8H2,1H3. The van der Waals surface area contributed by atoms with Gasteiger partial charge in [-0.25, -0.2) is 0 Å². The van der Waals surface area contributed by atoms with E-state index in [9.17, 15) is 0 Å². The minimum atomic E-state index is 1.23. The van der Waals surface area contributed by atoms with Gasteiger partial charge < -0.3 is 0 Å². The Kier molecular flexibility index (Phi) is 1.29. The maximum absolute atomic E-state index is 2.29. The molecular formula is C13H12. The molecule has 0 heteroatoms. The Balaban J connectivity index is 2.58. The summed E-state index contributed by atoms with van der Waals surface area (Å²) in [6, 6.07) is 11.2. The molecule has 0 spiro atoms. The summed E-state index contributed by atoms with van der Waals surface area (Å²) in [5.41, 5.74) is 4.48. The molecule has 0 aromatic heterocycles. The highest BCUT2D eigenvalue weighted by Gasteiger charge is 2.13. The summed E-state index contributed by atoms with van der Waals surface area (Å²) in [5.74, 6) is 0. The summed E-state index contributed by atoms with van der Waals surface area (Å²) in [6.45, 7) is 2.20. The fraction of sp³-hybridized carbons (Fsp3) is 0.231. The van der Waals surface area contributed by atoms with Gasteiger partial charge in [-0.3, -0.25) is 0 Å². The van der Waals surface area contributed by atoms with Gasteiger partial charge in [0, 0.05) is 0 Å². The van der Waals surface area contributed by atoms with Gasteiger partial charge >= 0.3 is 0 Å². The van der Waals surface area contributed by atoms with Crippen LogP contribution in [0, 0.1) is 6.92 Å². The van der Waals surface area contributed by atoms with Crippen molar-refractivity contribution in [3.63, 3.8) is 0 Å². The SMILES string of the molecule is Cc1ccc2c3c(cccc13)CC2. The second-order valence-corrected chi connectivity index (χ2v) is 3.88. The first-order valence-electron chi connectivity index (χ1n) is 4.86. The van der Waals surface area contributed by atoms with Gasteiger partial charge in [0.1, 0.15) is 0 Å². The lowest BCUT2D eigenvalue weighted by Crippen LogP contribution is -1.81. The van der Waals surface area contributed by atoms with Crippen LogP contribution in [0.5, 0.6) is 0 Å². The quantitative estimate of drug-likeness (QED) is 0.566. The van der Waals surface area contributed by atoms with Crippen LogP contribution in [0.1, 0.15) is 16.7 Å². The van der Waals surface area contributed by atoms with Gasteiger partial charge in [-0.1, -0.05) is 30.3 Å². The third-order valence-corrected chi connectivity index (χ3v) is 3.09. The Bertz CT molecular complexity index is 470. The Morgan fingerprint density at radius 1 is 0.923 bits per heavy atom. The second kappa shape index (κ2) is 2.35. The van der Waals surface area contributed by atoms with Gasteiger partial charge in [0.25, 0.3) is 0 Å². The van der Waals surface area contributed by atoms with Gasteiger partial charge in [-0.2, -0.15) is 0 Å². The van der Waals surface area contributed by atoms with Crippen LogP contribution in [0.2, 0.25) is 0 Å². The zero-order chi connectivity index (χ0) is 8.84. The lowest BCUT2D eigenvalue weighted by atomic mass is 10.0. The fourth-order valence-electron chi connectivity index (χ4n) is 2.39. The number of rotatable bonds is 0. The van der Waals surface area contributed by atoms with Crippen LogP contribution < -0.4 is 0 Å². The lowest BCUT2D eigenvalue weighted by molar-refractivity contribution is 1.02. The zero-order valence-electron chi connectivity index (χ0n) is 7.80. The molecule has 3 rings (SSSR count). The smallest absolute Gasteiger partial charge is 0.0117 e. The first-order chi connectivity index (χ1) is 6.36. The molecule has 2 aromatic rings. The summed E-state index contributed by atoms with van der Waals surface area (Å²) in [6.07, 6.45) is 2.46. The maximum Gasteiger partial charge on any atom is -0.0117 e. The minimum absolute atomic E-state index is 1.23. The van der Waals surface area contributed by atoms with E-state index in [-0.39, 0.29) is 0 Å². The van der Waals surface area contributed by atoms with E-state index in [0.717, 1.165) is 0 Å². The number of benzene rings is 2. The molecule has 0 unspecified atom stereocenters. The first kappa shape index (κ1) is 7.14. The minimum Gasteiger partial charge on any atom is -0.0613 e. The number of aryl methyl sites for hydroxylation is 3. The normalized spacial score (nSPS) is 13.9. The van der Waals surface area contributed by atoms with Crippen molar-refractivity contribution >= 4 is 10.8 Å². The van der Waals surface area contributed by atoms with Crippen LogP contribution in [0.25, 0.3) is 10.8 Å². The Hall–Kier alpha value is -1.30. The first-order valence-corrected chi connectivity index (χ1v) is 4.86. The molecule has 2 aromatic carbocycles. The second-order valence-electron chi connectivity index (χ2n) is 3.88. The Morgan fingerprint density at radius 3 is 2.54 bits per heavy atom.